The van der Waals surface area contributed by atoms with Crippen LogP contribution < -0.4 is 10.6 Å². The number of benzene rings is 1. The van der Waals surface area contributed by atoms with Crippen molar-refractivity contribution in [2.45, 2.75) is 38.7 Å². The van der Waals surface area contributed by atoms with Crippen molar-refractivity contribution in [1.82, 2.24) is 25.3 Å². The monoisotopic (exact) mass is 476 g/mol. The Labute approximate surface area is 201 Å². The van der Waals surface area contributed by atoms with E-state index in [9.17, 15) is 13.9 Å². The molecule has 4 heterocycles. The van der Waals surface area contributed by atoms with Crippen LogP contribution in [0.2, 0.25) is 0 Å². The fourth-order valence-corrected chi connectivity index (χ4v) is 4.55. The third-order valence-corrected chi connectivity index (χ3v) is 6.33. The molecule has 1 atom stereocenters. The fourth-order valence-electron chi connectivity index (χ4n) is 4.55. The number of fused-ring (bicyclic) bond motifs is 1. The highest BCUT2D eigenvalue weighted by molar-refractivity contribution is 5.88. The van der Waals surface area contributed by atoms with Crippen LogP contribution in [0, 0.1) is 18.6 Å². The lowest BCUT2D eigenvalue weighted by atomic mass is 9.91. The number of nitrogens with zero attached hydrogens (tertiary/aromatic N) is 4. The summed E-state index contributed by atoms with van der Waals surface area (Å²) in [6, 6.07) is 8.36. The number of nitrogens with one attached hydrogen (secondary N) is 2. The lowest BCUT2D eigenvalue weighted by molar-refractivity contribution is 0.200. The summed E-state index contributed by atoms with van der Waals surface area (Å²) < 4.78 is 29.7. The van der Waals surface area contributed by atoms with Crippen molar-refractivity contribution in [3.63, 3.8) is 0 Å². The molecule has 0 spiro atoms. The summed E-state index contributed by atoms with van der Waals surface area (Å²) >= 11 is 0. The normalized spacial score (nSPS) is 15.3. The number of aryl methyl sites for hydroxylation is 1. The standard InChI is InChI=1S/C26H26F2N6O/c1-14-9-19(15(2)35)20-10-18(11-21(27)25(20)32-14)24-22(28)13-31-26(34-24)33-23-4-3-17(12-30-23)16-5-7-29-8-6-16/h3-4,9-13,15-16,29,35H,5-8H2,1-2H3,(H,30,31,33,34). The molecule has 0 saturated carbocycles. The maximum Gasteiger partial charge on any atom is 0.229 e. The first kappa shape index (κ1) is 23.2. The first-order chi connectivity index (χ1) is 16.9. The Morgan fingerprint density at radius 1 is 1.03 bits per heavy atom. The van der Waals surface area contributed by atoms with Crippen LogP contribution in [0.4, 0.5) is 20.5 Å². The van der Waals surface area contributed by atoms with Crippen molar-refractivity contribution in [1.29, 1.82) is 0 Å². The molecule has 1 aliphatic heterocycles. The minimum absolute atomic E-state index is 0.0632. The van der Waals surface area contributed by atoms with Gasteiger partial charge < -0.3 is 15.7 Å². The van der Waals surface area contributed by atoms with Crippen molar-refractivity contribution in [2.24, 2.45) is 0 Å². The second kappa shape index (κ2) is 9.59. The van der Waals surface area contributed by atoms with E-state index in [2.05, 4.69) is 30.6 Å². The number of piperidine rings is 1. The smallest absolute Gasteiger partial charge is 0.229 e. The van der Waals surface area contributed by atoms with Gasteiger partial charge in [0.05, 0.1) is 12.3 Å². The largest absolute Gasteiger partial charge is 0.389 e. The predicted octanol–water partition coefficient (Wildman–Crippen LogP) is 4.94. The molecule has 0 bridgehead atoms. The molecule has 0 radical (unpaired) electrons. The summed E-state index contributed by atoms with van der Waals surface area (Å²) in [4.78, 5) is 17.0. The summed E-state index contributed by atoms with van der Waals surface area (Å²) in [7, 11) is 0. The van der Waals surface area contributed by atoms with Crippen LogP contribution in [-0.4, -0.2) is 38.1 Å². The number of hydrogen-bond donors (Lipinski definition) is 3. The first-order valence-electron chi connectivity index (χ1n) is 11.6. The molecule has 1 aliphatic rings. The van der Waals surface area contributed by atoms with E-state index in [-0.39, 0.29) is 22.7 Å². The molecule has 4 aromatic rings. The second-order valence-electron chi connectivity index (χ2n) is 8.90. The van der Waals surface area contributed by atoms with Gasteiger partial charge in [-0.15, -0.1) is 0 Å². The molecule has 5 rings (SSSR count). The van der Waals surface area contributed by atoms with Crippen LogP contribution in [0.5, 0.6) is 0 Å². The molecule has 1 aromatic carbocycles. The minimum Gasteiger partial charge on any atom is -0.389 e. The zero-order chi connectivity index (χ0) is 24.5. The Kier molecular flexibility index (Phi) is 6.36. The summed E-state index contributed by atoms with van der Waals surface area (Å²) in [5.74, 6) is -0.158. The van der Waals surface area contributed by atoms with Crippen LogP contribution in [0.25, 0.3) is 22.2 Å². The molecule has 9 heteroatoms. The van der Waals surface area contributed by atoms with Gasteiger partial charge in [-0.25, -0.2) is 23.7 Å². The topological polar surface area (TPSA) is 95.9 Å². The van der Waals surface area contributed by atoms with E-state index in [0.29, 0.717) is 28.4 Å². The lowest BCUT2D eigenvalue weighted by Gasteiger charge is -2.22. The van der Waals surface area contributed by atoms with Gasteiger partial charge in [0.1, 0.15) is 22.8 Å². The zero-order valence-corrected chi connectivity index (χ0v) is 19.5. The van der Waals surface area contributed by atoms with E-state index in [1.54, 1.807) is 26.0 Å². The van der Waals surface area contributed by atoms with E-state index in [1.807, 2.05) is 18.3 Å². The molecule has 35 heavy (non-hydrogen) atoms. The van der Waals surface area contributed by atoms with Gasteiger partial charge in [-0.05, 0) is 81.1 Å². The molecule has 1 saturated heterocycles. The quantitative estimate of drug-likeness (QED) is 0.376. The van der Waals surface area contributed by atoms with Crippen molar-refractivity contribution in [2.75, 3.05) is 18.4 Å². The van der Waals surface area contributed by atoms with E-state index in [0.717, 1.165) is 32.1 Å². The summed E-state index contributed by atoms with van der Waals surface area (Å²) in [5, 5.41) is 17.0. The van der Waals surface area contributed by atoms with Gasteiger partial charge in [0, 0.05) is 22.8 Å². The van der Waals surface area contributed by atoms with E-state index < -0.39 is 17.7 Å². The molecule has 3 N–H and O–H groups in total. The van der Waals surface area contributed by atoms with E-state index in [4.69, 9.17) is 0 Å². The van der Waals surface area contributed by atoms with Crippen LogP contribution in [0.3, 0.4) is 0 Å². The second-order valence-corrected chi connectivity index (χ2v) is 8.90. The van der Waals surface area contributed by atoms with Crippen molar-refractivity contribution < 1.29 is 13.9 Å². The maximum absolute atomic E-state index is 15.0. The lowest BCUT2D eigenvalue weighted by Crippen LogP contribution is -2.26. The number of halogens is 2. The summed E-state index contributed by atoms with van der Waals surface area (Å²) in [6.45, 7) is 5.32. The molecule has 180 valence electrons. The fraction of sp³-hybridized carbons (Fsp3) is 0.308. The van der Waals surface area contributed by atoms with Crippen LogP contribution in [-0.2, 0) is 0 Å². The van der Waals surface area contributed by atoms with Gasteiger partial charge in [0.15, 0.2) is 5.82 Å². The molecule has 1 unspecified atom stereocenters. The molecule has 0 aliphatic carbocycles. The Hall–Kier alpha value is -3.56. The highest BCUT2D eigenvalue weighted by Gasteiger charge is 2.18. The molecule has 0 amide bonds. The number of rotatable bonds is 5. The van der Waals surface area contributed by atoms with Gasteiger partial charge in [-0.1, -0.05) is 6.07 Å². The highest BCUT2D eigenvalue weighted by atomic mass is 19.1. The third-order valence-electron chi connectivity index (χ3n) is 6.33. The van der Waals surface area contributed by atoms with Gasteiger partial charge in [0.25, 0.3) is 0 Å². The minimum atomic E-state index is -0.847. The number of hydrogen-bond acceptors (Lipinski definition) is 7. The molecular weight excluding hydrogens is 450 g/mol. The van der Waals surface area contributed by atoms with Crippen LogP contribution in [0.1, 0.15) is 48.6 Å². The zero-order valence-electron chi connectivity index (χ0n) is 19.5. The Bertz CT molecular complexity index is 1370. The van der Waals surface area contributed by atoms with Gasteiger partial charge in [0.2, 0.25) is 5.95 Å². The van der Waals surface area contributed by atoms with Gasteiger partial charge in [-0.2, -0.15) is 0 Å². The SMILES string of the molecule is Cc1cc(C(C)O)c2cc(-c3nc(Nc4ccc(C5CCNCC5)cn4)ncc3F)cc(F)c2n1. The maximum atomic E-state index is 15.0. The number of aromatic nitrogens is 4. The van der Waals surface area contributed by atoms with Crippen molar-refractivity contribution in [3.05, 3.63) is 71.2 Å². The summed E-state index contributed by atoms with van der Waals surface area (Å²) in [5.41, 5.74) is 2.56. The summed E-state index contributed by atoms with van der Waals surface area (Å²) in [6.07, 6.45) is 4.19. The third kappa shape index (κ3) is 4.82. The Morgan fingerprint density at radius 3 is 2.54 bits per heavy atom. The Balaban J connectivity index is 1.46. The molecule has 3 aromatic heterocycles. The van der Waals surface area contributed by atoms with Gasteiger partial charge >= 0.3 is 0 Å². The molecular formula is C26H26F2N6O. The average molecular weight is 477 g/mol. The number of anilines is 2. The Morgan fingerprint density at radius 2 is 1.83 bits per heavy atom. The molecule has 1 fully saturated rings. The van der Waals surface area contributed by atoms with E-state index in [1.165, 1.54) is 11.6 Å². The average Bonchev–Trinajstić information content (AvgIpc) is 2.86. The highest BCUT2D eigenvalue weighted by Crippen LogP contribution is 2.32. The van der Waals surface area contributed by atoms with E-state index >= 15 is 0 Å². The molecule has 7 nitrogen and oxygen atoms in total. The van der Waals surface area contributed by atoms with Gasteiger partial charge in [-0.3, -0.25) is 4.98 Å². The number of aliphatic hydroxyl groups excluding tert-OH is 1. The van der Waals surface area contributed by atoms with Crippen LogP contribution in [0.15, 0.2) is 42.7 Å². The first-order valence-corrected chi connectivity index (χ1v) is 11.6. The van der Waals surface area contributed by atoms with Crippen molar-refractivity contribution >= 4 is 22.7 Å². The predicted molar refractivity (Wildman–Crippen MR) is 130 cm³/mol. The number of aliphatic hydroxyl groups is 1. The van der Waals surface area contributed by atoms with Crippen molar-refractivity contribution in [3.8, 4) is 11.3 Å². The van der Waals surface area contributed by atoms with Crippen LogP contribution >= 0.6 is 0 Å². The number of pyridine rings is 2.